The molecule has 1 aromatic carbocycles. The zero-order valence-corrected chi connectivity index (χ0v) is 17.9. The van der Waals surface area contributed by atoms with Crippen molar-refractivity contribution in [2.75, 3.05) is 6.54 Å². The molecule has 1 saturated heterocycles. The van der Waals surface area contributed by atoms with Crippen molar-refractivity contribution in [2.24, 2.45) is 10.4 Å². The molecule has 1 aromatic heterocycles. The Hall–Kier alpha value is -2.78. The molecule has 5 heteroatoms. The first-order valence-corrected chi connectivity index (χ1v) is 10.9. The van der Waals surface area contributed by atoms with E-state index in [1.54, 1.807) is 12.4 Å². The van der Waals surface area contributed by atoms with Gasteiger partial charge in [-0.25, -0.2) is 0 Å². The van der Waals surface area contributed by atoms with Crippen molar-refractivity contribution in [1.82, 2.24) is 9.88 Å². The number of aliphatic imine (C=N–C) groups is 1. The van der Waals surface area contributed by atoms with Crippen LogP contribution in [0, 0.1) is 5.41 Å². The van der Waals surface area contributed by atoms with Crippen molar-refractivity contribution in [3.8, 4) is 0 Å². The molecule has 2 aliphatic heterocycles. The van der Waals surface area contributed by atoms with Crippen LogP contribution in [0.3, 0.4) is 0 Å². The predicted molar refractivity (Wildman–Crippen MR) is 124 cm³/mol. The minimum atomic E-state index is -0.228. The van der Waals surface area contributed by atoms with Gasteiger partial charge in [0, 0.05) is 0 Å². The van der Waals surface area contributed by atoms with Gasteiger partial charge < -0.3 is 0 Å². The number of aryl methyl sites for hydroxylation is 1. The standard InChI is InChI=1S/C25H28BN3O/c1-3-5-19-6-8-20(9-7-19)16-25(2)12-4-15-29(22(25)18-30)23-17-26-24(28-23)21-10-13-27-14-11-21/h6-11,13-14H,3-5,12,15-17H2,1-2H3. The third kappa shape index (κ3) is 4.22. The van der Waals surface area contributed by atoms with Gasteiger partial charge in [0.15, 0.2) is 0 Å². The molecule has 0 saturated carbocycles. The SMILES string of the molecule is CCCc1ccc(CC2(C)CCCN(C3=NC(c4ccncc4)=BC3)C2=C=O)cc1. The van der Waals surface area contributed by atoms with Crippen LogP contribution < -0.4 is 0 Å². The molecule has 30 heavy (non-hydrogen) atoms. The number of amidine groups is 1. The fourth-order valence-corrected chi connectivity index (χ4v) is 4.65. The van der Waals surface area contributed by atoms with E-state index in [0.29, 0.717) is 0 Å². The molecule has 3 heterocycles. The zero-order chi connectivity index (χ0) is 21.0. The molecular formula is C25H28BN3O. The van der Waals surface area contributed by atoms with Crippen LogP contribution in [0.2, 0.25) is 6.32 Å². The summed E-state index contributed by atoms with van der Waals surface area (Å²) in [6.45, 7) is 7.36. The Labute approximate surface area is 179 Å². The summed E-state index contributed by atoms with van der Waals surface area (Å²) < 4.78 is 0. The van der Waals surface area contributed by atoms with Gasteiger partial charge in [0.05, 0.1) is 0 Å². The third-order valence-electron chi connectivity index (χ3n) is 6.22. The van der Waals surface area contributed by atoms with Gasteiger partial charge in [-0.15, -0.1) is 0 Å². The fourth-order valence-electron chi connectivity index (χ4n) is 4.65. The number of hydrogen-bond donors (Lipinski definition) is 0. The van der Waals surface area contributed by atoms with Gasteiger partial charge in [-0.1, -0.05) is 6.92 Å². The van der Waals surface area contributed by atoms with Crippen LogP contribution in [-0.4, -0.2) is 40.7 Å². The molecule has 1 unspecified atom stereocenters. The average molecular weight is 397 g/mol. The van der Waals surface area contributed by atoms with Crippen LogP contribution in [0.25, 0.3) is 0 Å². The van der Waals surface area contributed by atoms with E-state index in [-0.39, 0.29) is 5.41 Å². The second kappa shape index (κ2) is 8.93. The van der Waals surface area contributed by atoms with E-state index in [0.717, 1.165) is 67.7 Å². The van der Waals surface area contributed by atoms with E-state index in [9.17, 15) is 4.79 Å². The molecule has 0 amide bonds. The first-order chi connectivity index (χ1) is 14.6. The maximum atomic E-state index is 12.1. The molecule has 1 fully saturated rings. The van der Waals surface area contributed by atoms with Crippen molar-refractivity contribution in [2.45, 2.75) is 52.3 Å². The molecule has 0 bridgehead atoms. The topological polar surface area (TPSA) is 45.6 Å². The van der Waals surface area contributed by atoms with Crippen LogP contribution in [0.1, 0.15) is 49.8 Å². The van der Waals surface area contributed by atoms with Crippen LogP contribution in [0.4, 0.5) is 0 Å². The summed E-state index contributed by atoms with van der Waals surface area (Å²) in [5.74, 6) is 3.26. The summed E-state index contributed by atoms with van der Waals surface area (Å²) >= 11 is 0. The van der Waals surface area contributed by atoms with E-state index < -0.39 is 0 Å². The Kier molecular flexibility index (Phi) is 6.10. The number of rotatable bonds is 5. The monoisotopic (exact) mass is 397 g/mol. The van der Waals surface area contributed by atoms with E-state index in [4.69, 9.17) is 4.99 Å². The molecule has 1 atom stereocenters. The van der Waals surface area contributed by atoms with Gasteiger partial charge >= 0.3 is 172 Å². The number of nitrogens with zero attached hydrogens (tertiary/aromatic N) is 3. The normalized spacial score (nSPS) is 21.0. The van der Waals surface area contributed by atoms with E-state index in [2.05, 4.69) is 60.9 Å². The number of allylic oxidation sites excluding steroid dienone is 1. The molecule has 0 N–H and O–H groups in total. The summed E-state index contributed by atoms with van der Waals surface area (Å²) in [7, 11) is 0. The Bertz CT molecular complexity index is 1010. The quantitative estimate of drug-likeness (QED) is 0.564. The first kappa shape index (κ1) is 20.5. The van der Waals surface area contributed by atoms with Crippen LogP contribution in [0.15, 0.2) is 59.5 Å². The number of pyridine rings is 1. The van der Waals surface area contributed by atoms with E-state index in [1.165, 1.54) is 11.1 Å². The summed E-state index contributed by atoms with van der Waals surface area (Å²) in [6.07, 6.45) is 9.44. The molecule has 4 rings (SSSR count). The Morgan fingerprint density at radius 1 is 1.13 bits per heavy atom. The van der Waals surface area contributed by atoms with Crippen LogP contribution >= 0.6 is 0 Å². The molecule has 2 aromatic rings. The average Bonchev–Trinajstić information content (AvgIpc) is 3.26. The molecular weight excluding hydrogens is 369 g/mol. The third-order valence-corrected chi connectivity index (χ3v) is 6.22. The molecule has 4 nitrogen and oxygen atoms in total. The fraction of sp³-hybridized carbons (Fsp3) is 0.400. The minimum absolute atomic E-state index is 0.228. The molecule has 152 valence electrons. The maximum absolute atomic E-state index is 12.1. The van der Waals surface area contributed by atoms with Gasteiger partial charge in [0.25, 0.3) is 0 Å². The molecule has 2 aliphatic rings. The van der Waals surface area contributed by atoms with Crippen molar-refractivity contribution < 1.29 is 4.79 Å². The van der Waals surface area contributed by atoms with Crippen molar-refractivity contribution >= 4 is 24.3 Å². The number of hydrogen-bond acceptors (Lipinski definition) is 4. The molecule has 0 spiro atoms. The van der Waals surface area contributed by atoms with Gasteiger partial charge in [-0.2, -0.15) is 0 Å². The predicted octanol–water partition coefficient (Wildman–Crippen LogP) is 4.11. The Morgan fingerprint density at radius 2 is 1.87 bits per heavy atom. The first-order valence-electron chi connectivity index (χ1n) is 10.9. The Morgan fingerprint density at radius 3 is 2.57 bits per heavy atom. The summed E-state index contributed by atoms with van der Waals surface area (Å²) in [5.41, 5.74) is 5.18. The molecule has 0 radical (unpaired) electrons. The van der Waals surface area contributed by atoms with Gasteiger partial charge in [0.1, 0.15) is 0 Å². The van der Waals surface area contributed by atoms with Gasteiger partial charge in [-0.3, -0.25) is 0 Å². The zero-order valence-electron chi connectivity index (χ0n) is 17.9. The van der Waals surface area contributed by atoms with E-state index >= 15 is 0 Å². The summed E-state index contributed by atoms with van der Waals surface area (Å²) in [5, 5.41) is 0. The second-order valence-electron chi connectivity index (χ2n) is 8.57. The Balaban J connectivity index is 1.54. The summed E-state index contributed by atoms with van der Waals surface area (Å²) in [6, 6.07) is 12.8. The van der Waals surface area contributed by atoms with Gasteiger partial charge in [-0.05, 0) is 0 Å². The second-order valence-corrected chi connectivity index (χ2v) is 8.57. The number of piperidine rings is 1. The number of carbonyl (C=O) groups excluding carboxylic acids is 1. The van der Waals surface area contributed by atoms with Crippen LogP contribution in [0.5, 0.6) is 0 Å². The van der Waals surface area contributed by atoms with Gasteiger partial charge in [0.2, 0.25) is 0 Å². The van der Waals surface area contributed by atoms with Crippen molar-refractivity contribution in [3.63, 3.8) is 0 Å². The van der Waals surface area contributed by atoms with Crippen molar-refractivity contribution in [1.29, 1.82) is 0 Å². The number of benzene rings is 1. The molecule has 0 aliphatic carbocycles. The van der Waals surface area contributed by atoms with Crippen molar-refractivity contribution in [3.05, 3.63) is 71.2 Å². The number of aromatic nitrogens is 1. The van der Waals surface area contributed by atoms with Crippen LogP contribution in [-0.2, 0) is 17.6 Å². The number of likely N-dealkylation sites (tertiary alicyclic amines) is 1. The van der Waals surface area contributed by atoms with E-state index in [1.807, 2.05) is 12.1 Å². The summed E-state index contributed by atoms with van der Waals surface area (Å²) in [4.78, 5) is 23.2.